The molecule has 4 rings (SSSR count). The highest BCUT2D eigenvalue weighted by molar-refractivity contribution is 7.85. The second-order valence-electron chi connectivity index (χ2n) is 7.00. The van der Waals surface area contributed by atoms with E-state index in [4.69, 9.17) is 4.74 Å². The molecule has 28 heavy (non-hydrogen) atoms. The van der Waals surface area contributed by atoms with Crippen molar-refractivity contribution in [3.8, 4) is 11.5 Å². The Kier molecular flexibility index (Phi) is 5.36. The molecular weight excluding hydrogens is 385 g/mol. The minimum atomic E-state index is -1.92. The van der Waals surface area contributed by atoms with Gasteiger partial charge in [0.1, 0.15) is 30.3 Å². The zero-order valence-corrected chi connectivity index (χ0v) is 16.1. The fourth-order valence-corrected chi connectivity index (χ4v) is 4.59. The summed E-state index contributed by atoms with van der Waals surface area (Å²) in [6.07, 6.45) is 3.70. The number of piperidine rings is 1. The maximum Gasteiger partial charge on any atom is 0.253 e. The first-order chi connectivity index (χ1) is 13.5. The summed E-state index contributed by atoms with van der Waals surface area (Å²) in [4.78, 5) is 13.8. The molecule has 2 heterocycles. The standard InChI is InChI=1S/C19H22FN3O4S/c20-18-15-11-14(27-9-8-22-6-2-1-3-7-22)5-4-13(15)10-16(24)19(18)23-12-17(25)21-28(23)26/h4-5,10-11,24H,1-3,6-9,12H2,(H,21,25). The summed E-state index contributed by atoms with van der Waals surface area (Å²) in [5.74, 6) is -1.07. The van der Waals surface area contributed by atoms with E-state index < -0.39 is 22.9 Å². The lowest BCUT2D eigenvalue weighted by atomic mass is 10.1. The fourth-order valence-electron chi connectivity index (χ4n) is 3.65. The molecule has 150 valence electrons. The maximum absolute atomic E-state index is 15.1. The van der Waals surface area contributed by atoms with E-state index >= 15 is 4.39 Å². The van der Waals surface area contributed by atoms with Gasteiger partial charge in [-0.1, -0.05) is 12.5 Å². The minimum Gasteiger partial charge on any atom is -0.506 e. The third-order valence-electron chi connectivity index (χ3n) is 5.07. The highest BCUT2D eigenvalue weighted by atomic mass is 32.2. The average molecular weight is 407 g/mol. The molecule has 0 radical (unpaired) electrons. The van der Waals surface area contributed by atoms with Crippen molar-refractivity contribution < 1.29 is 23.2 Å². The zero-order chi connectivity index (χ0) is 19.7. The van der Waals surface area contributed by atoms with Crippen molar-refractivity contribution in [2.24, 2.45) is 0 Å². The highest BCUT2D eigenvalue weighted by Gasteiger charge is 2.32. The quantitative estimate of drug-likeness (QED) is 0.793. The first-order valence-electron chi connectivity index (χ1n) is 9.32. The number of amides is 1. The Hall–Kier alpha value is -2.39. The number of anilines is 1. The van der Waals surface area contributed by atoms with Crippen molar-refractivity contribution in [2.45, 2.75) is 19.3 Å². The molecule has 1 amide bonds. The van der Waals surface area contributed by atoms with Crippen LogP contribution < -0.4 is 13.8 Å². The van der Waals surface area contributed by atoms with E-state index in [-0.39, 0.29) is 23.4 Å². The Labute approximate surface area is 164 Å². The predicted molar refractivity (Wildman–Crippen MR) is 105 cm³/mol. The van der Waals surface area contributed by atoms with Gasteiger partial charge >= 0.3 is 0 Å². The number of halogens is 1. The zero-order valence-electron chi connectivity index (χ0n) is 15.3. The Morgan fingerprint density at radius 1 is 1.21 bits per heavy atom. The number of phenols is 1. The van der Waals surface area contributed by atoms with Crippen LogP contribution in [-0.2, 0) is 16.0 Å². The normalized spacial score (nSPS) is 20.5. The molecule has 0 saturated carbocycles. The summed E-state index contributed by atoms with van der Waals surface area (Å²) in [6, 6.07) is 6.36. The number of nitrogens with one attached hydrogen (secondary N) is 1. The summed E-state index contributed by atoms with van der Waals surface area (Å²) >= 11 is -1.92. The molecule has 7 nitrogen and oxygen atoms in total. The Morgan fingerprint density at radius 3 is 2.71 bits per heavy atom. The molecule has 2 N–H and O–H groups in total. The smallest absolute Gasteiger partial charge is 0.253 e. The number of nitrogens with zero attached hydrogens (tertiary/aromatic N) is 2. The van der Waals surface area contributed by atoms with Gasteiger partial charge in [0, 0.05) is 11.9 Å². The van der Waals surface area contributed by atoms with Crippen molar-refractivity contribution in [1.82, 2.24) is 9.62 Å². The molecule has 2 fully saturated rings. The van der Waals surface area contributed by atoms with Crippen LogP contribution in [0.25, 0.3) is 10.8 Å². The van der Waals surface area contributed by atoms with Crippen LogP contribution in [0.1, 0.15) is 19.3 Å². The number of benzene rings is 2. The molecule has 2 saturated heterocycles. The summed E-state index contributed by atoms with van der Waals surface area (Å²) < 4.78 is 36.1. The molecule has 2 aromatic carbocycles. The van der Waals surface area contributed by atoms with Gasteiger partial charge in [0.15, 0.2) is 5.82 Å². The van der Waals surface area contributed by atoms with Gasteiger partial charge in [0.05, 0.1) is 0 Å². The van der Waals surface area contributed by atoms with Crippen molar-refractivity contribution in [2.75, 3.05) is 37.1 Å². The lowest BCUT2D eigenvalue weighted by Gasteiger charge is -2.26. The van der Waals surface area contributed by atoms with Crippen LogP contribution in [0.15, 0.2) is 24.3 Å². The Bertz CT molecular complexity index is 933. The van der Waals surface area contributed by atoms with Crippen molar-refractivity contribution in [3.63, 3.8) is 0 Å². The molecule has 0 aromatic heterocycles. The number of hydrogen-bond acceptors (Lipinski definition) is 5. The Morgan fingerprint density at radius 2 is 2.00 bits per heavy atom. The van der Waals surface area contributed by atoms with Crippen LogP contribution in [0, 0.1) is 5.82 Å². The van der Waals surface area contributed by atoms with Crippen LogP contribution in [-0.4, -0.2) is 52.9 Å². The molecule has 2 aliphatic rings. The number of hydrogen-bond donors (Lipinski definition) is 2. The first kappa shape index (κ1) is 18.9. The van der Waals surface area contributed by atoms with Crippen LogP contribution in [0.5, 0.6) is 11.5 Å². The average Bonchev–Trinajstić information content (AvgIpc) is 3.01. The van der Waals surface area contributed by atoms with Crippen molar-refractivity contribution in [3.05, 3.63) is 30.1 Å². The number of aromatic hydroxyl groups is 1. The SMILES string of the molecule is O=C1CN(c2c(O)cc3ccc(OCCN4CCCCC4)cc3c2F)S(=O)N1. The summed E-state index contributed by atoms with van der Waals surface area (Å²) in [5, 5.41) is 10.9. The van der Waals surface area contributed by atoms with Gasteiger partial charge in [-0.05, 0) is 49.5 Å². The number of carbonyl (C=O) groups is 1. The van der Waals surface area contributed by atoms with E-state index in [9.17, 15) is 14.1 Å². The van der Waals surface area contributed by atoms with Gasteiger partial charge in [-0.25, -0.2) is 8.60 Å². The highest BCUT2D eigenvalue weighted by Crippen LogP contribution is 2.38. The molecule has 9 heteroatoms. The monoisotopic (exact) mass is 407 g/mol. The molecular formula is C19H22FN3O4S. The summed E-state index contributed by atoms with van der Waals surface area (Å²) in [6.45, 7) is 3.21. The molecule has 0 spiro atoms. The van der Waals surface area contributed by atoms with E-state index in [0.29, 0.717) is 17.7 Å². The number of phenolic OH excluding ortho intramolecular Hbond substituents is 1. The second kappa shape index (κ2) is 7.92. The van der Waals surface area contributed by atoms with Crippen molar-refractivity contribution in [1.29, 1.82) is 0 Å². The molecule has 2 aromatic rings. The van der Waals surface area contributed by atoms with E-state index in [2.05, 4.69) is 9.62 Å². The number of ether oxygens (including phenoxy) is 1. The lowest BCUT2D eigenvalue weighted by molar-refractivity contribution is -0.117. The van der Waals surface area contributed by atoms with E-state index in [1.54, 1.807) is 18.2 Å². The number of likely N-dealkylation sites (tertiary alicyclic amines) is 1. The minimum absolute atomic E-state index is 0.236. The topological polar surface area (TPSA) is 82.1 Å². The van der Waals surface area contributed by atoms with Crippen LogP contribution >= 0.6 is 0 Å². The van der Waals surface area contributed by atoms with Gasteiger partial charge in [-0.15, -0.1) is 0 Å². The number of fused-ring (bicyclic) bond motifs is 1. The van der Waals surface area contributed by atoms with Gasteiger partial charge in [0.2, 0.25) is 11.2 Å². The van der Waals surface area contributed by atoms with Crippen LogP contribution in [0.4, 0.5) is 10.1 Å². The number of carbonyl (C=O) groups excluding carboxylic acids is 1. The van der Waals surface area contributed by atoms with Gasteiger partial charge in [-0.2, -0.15) is 0 Å². The van der Waals surface area contributed by atoms with Crippen molar-refractivity contribution >= 4 is 33.5 Å². The Balaban J connectivity index is 1.56. The molecule has 0 bridgehead atoms. The third-order valence-corrected chi connectivity index (χ3v) is 6.18. The number of rotatable bonds is 5. The molecule has 2 aliphatic heterocycles. The summed E-state index contributed by atoms with van der Waals surface area (Å²) in [5.41, 5.74) is -0.255. The molecule has 0 aliphatic carbocycles. The second-order valence-corrected chi connectivity index (χ2v) is 8.15. The van der Waals surface area contributed by atoms with Crippen LogP contribution in [0.3, 0.4) is 0 Å². The molecule has 1 atom stereocenters. The van der Waals surface area contributed by atoms with Gasteiger partial charge < -0.3 is 9.84 Å². The van der Waals surface area contributed by atoms with E-state index in [1.807, 2.05) is 0 Å². The van der Waals surface area contributed by atoms with Crippen LogP contribution in [0.2, 0.25) is 0 Å². The van der Waals surface area contributed by atoms with E-state index in [1.165, 1.54) is 25.3 Å². The summed E-state index contributed by atoms with van der Waals surface area (Å²) in [7, 11) is 0. The predicted octanol–water partition coefficient (Wildman–Crippen LogP) is 2.06. The lowest BCUT2D eigenvalue weighted by Crippen LogP contribution is -2.33. The first-order valence-corrected chi connectivity index (χ1v) is 10.4. The largest absolute Gasteiger partial charge is 0.506 e. The molecule has 1 unspecified atom stereocenters. The van der Waals surface area contributed by atoms with E-state index in [0.717, 1.165) is 23.9 Å². The third kappa shape index (κ3) is 3.77. The fraction of sp³-hybridized carbons (Fsp3) is 0.421. The van der Waals surface area contributed by atoms with Gasteiger partial charge in [0.25, 0.3) is 5.91 Å². The van der Waals surface area contributed by atoms with Gasteiger partial charge in [-0.3, -0.25) is 18.7 Å². The maximum atomic E-state index is 15.1.